The van der Waals surface area contributed by atoms with Gasteiger partial charge in [0, 0.05) is 18.2 Å². The zero-order chi connectivity index (χ0) is 31.1. The predicted molar refractivity (Wildman–Crippen MR) is 149 cm³/mol. The number of nitrogens with zero attached hydrogens (tertiary/aromatic N) is 4. The number of pyridine rings is 1. The number of terminal acetylenes is 1. The van der Waals surface area contributed by atoms with E-state index in [2.05, 4.69) is 19.9 Å². The SMILES string of the molecule is C#C[C@@]1(O)[C@@H](COC(Cc2ccc(-c3ccc[nH]c3=O)cc2)(C(=O)O)C(=O)O)O[C@@H](n2cnc3c(N)nc(Cl)nc32)[C@@H]1O. The van der Waals surface area contributed by atoms with Crippen LogP contribution in [0, 0.1) is 12.3 Å². The number of aliphatic hydroxyl groups is 2. The summed E-state index contributed by atoms with van der Waals surface area (Å²) in [6.07, 6.45) is 2.64. The fraction of sp³-hybridized carbons (Fsp3) is 0.259. The zero-order valence-corrected chi connectivity index (χ0v) is 22.7. The summed E-state index contributed by atoms with van der Waals surface area (Å²) in [5.74, 6) is -1.72. The van der Waals surface area contributed by atoms with Gasteiger partial charge in [0.05, 0.1) is 12.9 Å². The van der Waals surface area contributed by atoms with Crippen molar-refractivity contribution in [3.63, 3.8) is 0 Å². The minimum atomic E-state index is -2.86. The van der Waals surface area contributed by atoms with Crippen LogP contribution in [-0.4, -0.2) is 86.9 Å². The van der Waals surface area contributed by atoms with Gasteiger partial charge in [0.25, 0.3) is 11.2 Å². The summed E-state index contributed by atoms with van der Waals surface area (Å²) in [7, 11) is 0. The van der Waals surface area contributed by atoms with Crippen LogP contribution in [0.15, 0.2) is 53.7 Å². The van der Waals surface area contributed by atoms with E-state index in [1.165, 1.54) is 41.4 Å². The number of aromatic amines is 1. The molecule has 16 heteroatoms. The van der Waals surface area contributed by atoms with Crippen molar-refractivity contribution in [1.82, 2.24) is 24.5 Å². The van der Waals surface area contributed by atoms with Crippen LogP contribution in [0.3, 0.4) is 0 Å². The van der Waals surface area contributed by atoms with Gasteiger partial charge in [-0.05, 0) is 34.9 Å². The quantitative estimate of drug-likeness (QED) is 0.0845. The average Bonchev–Trinajstić information content (AvgIpc) is 3.50. The van der Waals surface area contributed by atoms with Gasteiger partial charge in [-0.15, -0.1) is 6.42 Å². The summed E-state index contributed by atoms with van der Waals surface area (Å²) < 4.78 is 12.4. The van der Waals surface area contributed by atoms with Gasteiger partial charge >= 0.3 is 11.9 Å². The van der Waals surface area contributed by atoms with Crippen LogP contribution in [-0.2, 0) is 25.5 Å². The molecule has 5 rings (SSSR count). The first-order chi connectivity index (χ1) is 20.4. The normalized spacial score (nSPS) is 22.0. The number of hydrogen-bond acceptors (Lipinski definition) is 11. The summed E-state index contributed by atoms with van der Waals surface area (Å²) in [6, 6.07) is 9.20. The lowest BCUT2D eigenvalue weighted by atomic mass is 9.91. The Morgan fingerprint density at radius 2 is 1.93 bits per heavy atom. The van der Waals surface area contributed by atoms with Crippen molar-refractivity contribution < 1.29 is 39.5 Å². The van der Waals surface area contributed by atoms with Gasteiger partial charge in [-0.25, -0.2) is 14.6 Å². The third-order valence-corrected chi connectivity index (χ3v) is 7.32. The van der Waals surface area contributed by atoms with Crippen molar-refractivity contribution in [3.05, 3.63) is 70.1 Å². The molecular formula is C27H23ClN6O9. The minimum Gasteiger partial charge on any atom is -0.479 e. The third-order valence-electron chi connectivity index (χ3n) is 7.15. The molecule has 0 aliphatic carbocycles. The van der Waals surface area contributed by atoms with Crippen molar-refractivity contribution in [2.75, 3.05) is 12.3 Å². The summed E-state index contributed by atoms with van der Waals surface area (Å²) in [4.78, 5) is 51.3. The number of imidazole rings is 1. The van der Waals surface area contributed by atoms with Gasteiger partial charge in [-0.3, -0.25) is 9.36 Å². The summed E-state index contributed by atoms with van der Waals surface area (Å²) >= 11 is 5.91. The van der Waals surface area contributed by atoms with E-state index in [1.54, 1.807) is 12.1 Å². The molecule has 1 fully saturated rings. The zero-order valence-electron chi connectivity index (χ0n) is 21.9. The number of halogens is 1. The molecule has 4 atom stereocenters. The molecule has 0 radical (unpaired) electrons. The Bertz CT molecular complexity index is 1800. The van der Waals surface area contributed by atoms with Crippen LogP contribution in [0.5, 0.6) is 0 Å². The highest BCUT2D eigenvalue weighted by Gasteiger charge is 2.58. The molecular weight excluding hydrogens is 588 g/mol. The molecule has 1 saturated heterocycles. The second-order valence-corrected chi connectivity index (χ2v) is 10.0. The number of nitrogen functional groups attached to an aromatic ring is 1. The highest BCUT2D eigenvalue weighted by Crippen LogP contribution is 2.39. The van der Waals surface area contributed by atoms with Crippen LogP contribution < -0.4 is 11.3 Å². The van der Waals surface area contributed by atoms with Crippen molar-refractivity contribution in [2.45, 2.75) is 36.1 Å². The van der Waals surface area contributed by atoms with Gasteiger partial charge < -0.3 is 40.6 Å². The molecule has 0 amide bonds. The highest BCUT2D eigenvalue weighted by molar-refractivity contribution is 6.28. The van der Waals surface area contributed by atoms with E-state index in [0.717, 1.165) is 0 Å². The number of nitrogens with one attached hydrogen (secondary N) is 1. The first kappa shape index (κ1) is 29.6. The predicted octanol–water partition coefficient (Wildman–Crippen LogP) is 0.207. The second-order valence-electron chi connectivity index (χ2n) is 9.67. The highest BCUT2D eigenvalue weighted by atomic mass is 35.5. The fourth-order valence-corrected chi connectivity index (χ4v) is 4.96. The largest absolute Gasteiger partial charge is 0.479 e. The molecule has 0 unspecified atom stereocenters. The van der Waals surface area contributed by atoms with Crippen LogP contribution in [0.1, 0.15) is 11.8 Å². The molecule has 1 aromatic carbocycles. The molecule has 3 aromatic heterocycles. The number of rotatable bonds is 9. The monoisotopic (exact) mass is 610 g/mol. The number of anilines is 1. The van der Waals surface area contributed by atoms with E-state index in [4.69, 9.17) is 33.2 Å². The van der Waals surface area contributed by atoms with Crippen LogP contribution >= 0.6 is 11.6 Å². The Hall–Kier alpha value is -4.85. The topological polar surface area (TPSA) is 236 Å². The Labute approximate surface area is 246 Å². The van der Waals surface area contributed by atoms with E-state index >= 15 is 0 Å². The average molecular weight is 611 g/mol. The number of aliphatic carboxylic acids is 2. The molecule has 1 aliphatic rings. The number of fused-ring (bicyclic) bond motifs is 1. The number of aromatic nitrogens is 5. The Kier molecular flexibility index (Phi) is 7.65. The van der Waals surface area contributed by atoms with E-state index in [0.29, 0.717) is 11.1 Å². The minimum absolute atomic E-state index is 0.0360. The number of carbonyl (C=O) groups is 2. The summed E-state index contributed by atoms with van der Waals surface area (Å²) in [5, 5.41) is 42.0. The molecule has 43 heavy (non-hydrogen) atoms. The fourth-order valence-electron chi connectivity index (χ4n) is 4.79. The van der Waals surface area contributed by atoms with Gasteiger partial charge in [-0.2, -0.15) is 9.97 Å². The molecule has 4 heterocycles. The molecule has 7 N–H and O–H groups in total. The van der Waals surface area contributed by atoms with Gasteiger partial charge in [0.1, 0.15) is 17.7 Å². The van der Waals surface area contributed by atoms with Gasteiger partial charge in [-0.1, -0.05) is 30.2 Å². The number of H-pyrrole nitrogens is 1. The van der Waals surface area contributed by atoms with Gasteiger partial charge in [0.2, 0.25) is 5.28 Å². The van der Waals surface area contributed by atoms with Crippen LogP contribution in [0.25, 0.3) is 22.3 Å². The number of hydrogen-bond donors (Lipinski definition) is 6. The second kappa shape index (κ2) is 11.1. The van der Waals surface area contributed by atoms with E-state index in [-0.39, 0.29) is 33.4 Å². The molecule has 0 saturated carbocycles. The number of benzene rings is 1. The van der Waals surface area contributed by atoms with Crippen molar-refractivity contribution in [3.8, 4) is 23.5 Å². The van der Waals surface area contributed by atoms with Crippen molar-refractivity contribution >= 4 is 40.5 Å². The van der Waals surface area contributed by atoms with Crippen molar-refractivity contribution in [2.24, 2.45) is 0 Å². The number of nitrogens with two attached hydrogens (primary N) is 1. The number of carboxylic acids is 2. The number of aliphatic hydroxyl groups excluding tert-OH is 1. The lowest BCUT2D eigenvalue weighted by Gasteiger charge is -2.30. The van der Waals surface area contributed by atoms with Gasteiger partial charge in [0.15, 0.2) is 23.3 Å². The Morgan fingerprint density at radius 1 is 1.23 bits per heavy atom. The molecule has 4 aromatic rings. The standard InChI is InChI=1S/C27H23ClN6O9/c1-2-26(41)16(43-22(18(26)35)34-12-31-17-19(29)32-25(28)33-20(17)34)11-42-27(23(37)38,24(39)40)10-13-5-7-14(8-6-13)15-4-3-9-30-21(15)36/h1,3-9,12,16,18,22,35,41H,10-11H2,(H,30,36)(H,37,38)(H,39,40)(H2,29,32,33)/t16-,18+,22-,26-/m1/s1. The molecule has 222 valence electrons. The lowest BCUT2D eigenvalue weighted by molar-refractivity contribution is -0.191. The van der Waals surface area contributed by atoms with Crippen LogP contribution in [0.4, 0.5) is 5.82 Å². The first-order valence-corrected chi connectivity index (χ1v) is 12.9. The Morgan fingerprint density at radius 3 is 2.56 bits per heavy atom. The third kappa shape index (κ3) is 5.07. The molecule has 0 bridgehead atoms. The summed E-state index contributed by atoms with van der Waals surface area (Å²) in [6.45, 7) is -0.866. The smallest absolute Gasteiger partial charge is 0.348 e. The van der Waals surface area contributed by atoms with E-state index in [9.17, 15) is 34.8 Å². The number of carboxylic acid groups (broad SMARTS) is 2. The maximum absolute atomic E-state index is 12.4. The molecule has 0 spiro atoms. The molecule has 1 aliphatic heterocycles. The van der Waals surface area contributed by atoms with E-state index in [1.807, 2.05) is 5.92 Å². The Balaban J connectivity index is 1.42. The van der Waals surface area contributed by atoms with E-state index < -0.39 is 54.6 Å². The maximum atomic E-state index is 12.4. The first-order valence-electron chi connectivity index (χ1n) is 12.5. The van der Waals surface area contributed by atoms with Crippen molar-refractivity contribution in [1.29, 1.82) is 0 Å². The maximum Gasteiger partial charge on any atom is 0.348 e. The van der Waals surface area contributed by atoms with Crippen LogP contribution in [0.2, 0.25) is 5.28 Å². The lowest BCUT2D eigenvalue weighted by Crippen LogP contribution is -2.55. The summed E-state index contributed by atoms with van der Waals surface area (Å²) in [5.41, 5.74) is 1.44. The molecule has 15 nitrogen and oxygen atoms in total. The number of ether oxygens (including phenoxy) is 2.